The van der Waals surface area contributed by atoms with E-state index in [-0.39, 0.29) is 41.0 Å². The third-order valence-corrected chi connectivity index (χ3v) is 7.32. The van der Waals surface area contributed by atoms with Crippen molar-refractivity contribution in [1.82, 2.24) is 15.2 Å². The van der Waals surface area contributed by atoms with Crippen molar-refractivity contribution in [3.8, 4) is 11.8 Å². The maximum Gasteiger partial charge on any atom is 0.419 e. The summed E-state index contributed by atoms with van der Waals surface area (Å²) >= 11 is 0. The number of nitrogens with zero attached hydrogens (tertiary/aromatic N) is 2. The third-order valence-electron chi connectivity index (χ3n) is 7.32. The Morgan fingerprint density at radius 1 is 1.13 bits per heavy atom. The summed E-state index contributed by atoms with van der Waals surface area (Å²) in [4.78, 5) is 32.7. The van der Waals surface area contributed by atoms with Crippen LogP contribution in [0.1, 0.15) is 71.1 Å². The number of pyridine rings is 1. The normalized spacial score (nSPS) is 23.6. The molecule has 38 heavy (non-hydrogen) atoms. The molecule has 1 saturated carbocycles. The van der Waals surface area contributed by atoms with Gasteiger partial charge in [0.25, 0.3) is 5.91 Å². The molecule has 11 heteroatoms. The molecule has 2 N–H and O–H groups in total. The smallest absolute Gasteiger partial charge is 0.389 e. The number of fused-ring (bicyclic) bond motifs is 1. The van der Waals surface area contributed by atoms with Gasteiger partial charge in [0.15, 0.2) is 0 Å². The van der Waals surface area contributed by atoms with Crippen molar-refractivity contribution in [3.05, 3.63) is 64.0 Å². The van der Waals surface area contributed by atoms with Gasteiger partial charge in [0.1, 0.15) is 23.7 Å². The van der Waals surface area contributed by atoms with Crippen molar-refractivity contribution >= 4 is 11.8 Å². The second kappa shape index (κ2) is 9.34. The van der Waals surface area contributed by atoms with Gasteiger partial charge in [-0.15, -0.1) is 0 Å². The lowest BCUT2D eigenvalue weighted by molar-refractivity contribution is -0.140. The van der Waals surface area contributed by atoms with Crippen LogP contribution in [0.2, 0.25) is 0 Å². The van der Waals surface area contributed by atoms with E-state index < -0.39 is 59.4 Å². The van der Waals surface area contributed by atoms with E-state index in [1.807, 2.05) is 0 Å². The Bertz CT molecular complexity index is 1380. The molecule has 1 unspecified atom stereocenters. The zero-order valence-electron chi connectivity index (χ0n) is 20.4. The molecular formula is C27H24F5N3O3. The Hall–Kier alpha value is -3.52. The zero-order valence-corrected chi connectivity index (χ0v) is 20.4. The highest BCUT2D eigenvalue weighted by molar-refractivity contribution is 6.00. The van der Waals surface area contributed by atoms with E-state index in [0.717, 1.165) is 0 Å². The minimum atomic E-state index is -5.07. The van der Waals surface area contributed by atoms with E-state index in [9.17, 15) is 36.6 Å². The molecule has 2 amide bonds. The van der Waals surface area contributed by atoms with Gasteiger partial charge < -0.3 is 15.3 Å². The van der Waals surface area contributed by atoms with Crippen molar-refractivity contribution in [3.63, 3.8) is 0 Å². The SMILES string of the molecule is Cc1cc(C(=O)N2[C@@H](C(=O)N[C@@H](c3cc(F)c(C(F)(F)F)cc3F)C3CC3)C[C@H]3C#C[C@H]32)c(C(C)O)cn1. The average Bonchev–Trinajstić information content (AvgIpc) is 3.62. The molecule has 1 aromatic heterocycles. The van der Waals surface area contributed by atoms with Crippen molar-refractivity contribution < 1.29 is 36.6 Å². The van der Waals surface area contributed by atoms with Crippen molar-refractivity contribution in [1.29, 1.82) is 0 Å². The minimum Gasteiger partial charge on any atom is -0.389 e. The van der Waals surface area contributed by atoms with Crippen LogP contribution in [-0.2, 0) is 11.0 Å². The van der Waals surface area contributed by atoms with Gasteiger partial charge in [-0.25, -0.2) is 8.78 Å². The molecule has 3 aliphatic rings. The van der Waals surface area contributed by atoms with E-state index >= 15 is 0 Å². The van der Waals surface area contributed by atoms with Crippen LogP contribution in [-0.4, -0.2) is 38.9 Å². The first kappa shape index (κ1) is 26.1. The second-order valence-electron chi connectivity index (χ2n) is 10.1. The summed E-state index contributed by atoms with van der Waals surface area (Å²) in [7, 11) is 0. The summed E-state index contributed by atoms with van der Waals surface area (Å²) < 4.78 is 68.3. The van der Waals surface area contributed by atoms with Crippen LogP contribution in [0.3, 0.4) is 0 Å². The largest absolute Gasteiger partial charge is 0.419 e. The molecule has 2 aromatic rings. The predicted octanol–water partition coefficient (Wildman–Crippen LogP) is 4.22. The molecule has 0 bridgehead atoms. The maximum absolute atomic E-state index is 14.8. The molecule has 6 nitrogen and oxygen atoms in total. The van der Waals surface area contributed by atoms with Crippen LogP contribution in [0.15, 0.2) is 24.4 Å². The molecule has 1 saturated heterocycles. The first-order valence-electron chi connectivity index (χ1n) is 12.2. The number of amides is 2. The second-order valence-corrected chi connectivity index (χ2v) is 10.1. The molecule has 5 rings (SSSR count). The Morgan fingerprint density at radius 3 is 2.42 bits per heavy atom. The molecule has 1 aliphatic heterocycles. The number of carbonyl (C=O) groups is 2. The fraction of sp³-hybridized carbons (Fsp3) is 0.444. The molecule has 200 valence electrons. The fourth-order valence-electron chi connectivity index (χ4n) is 5.15. The number of nitrogens with one attached hydrogen (secondary N) is 1. The molecule has 5 atom stereocenters. The third kappa shape index (κ3) is 4.62. The van der Waals surface area contributed by atoms with E-state index in [4.69, 9.17) is 0 Å². The van der Waals surface area contributed by atoms with Gasteiger partial charge in [0, 0.05) is 28.6 Å². The summed E-state index contributed by atoms with van der Waals surface area (Å²) in [6.07, 6.45) is -3.32. The van der Waals surface area contributed by atoms with Crippen LogP contribution < -0.4 is 5.32 Å². The number of aliphatic hydroxyl groups excluding tert-OH is 1. The molecular weight excluding hydrogens is 509 g/mol. The van der Waals surface area contributed by atoms with Crippen molar-refractivity contribution in [2.24, 2.45) is 11.8 Å². The lowest BCUT2D eigenvalue weighted by atomic mass is 9.92. The number of alkyl halides is 3. The Labute approximate surface area is 215 Å². The summed E-state index contributed by atoms with van der Waals surface area (Å²) in [5.41, 5.74) is -1.10. The zero-order chi connectivity index (χ0) is 27.5. The van der Waals surface area contributed by atoms with Gasteiger partial charge in [0.2, 0.25) is 5.91 Å². The Morgan fingerprint density at radius 2 is 1.84 bits per heavy atom. The van der Waals surface area contributed by atoms with Crippen LogP contribution in [0.4, 0.5) is 22.0 Å². The topological polar surface area (TPSA) is 82.5 Å². The fourth-order valence-corrected chi connectivity index (χ4v) is 5.15. The summed E-state index contributed by atoms with van der Waals surface area (Å²) in [6.45, 7) is 3.17. The highest BCUT2D eigenvalue weighted by atomic mass is 19.4. The van der Waals surface area contributed by atoms with E-state index in [2.05, 4.69) is 22.1 Å². The molecule has 0 radical (unpaired) electrons. The number of hydrogen-bond acceptors (Lipinski definition) is 4. The van der Waals surface area contributed by atoms with Crippen LogP contribution >= 0.6 is 0 Å². The lowest BCUT2D eigenvalue weighted by Crippen LogP contribution is -2.50. The Kier molecular flexibility index (Phi) is 6.42. The number of rotatable bonds is 6. The van der Waals surface area contributed by atoms with E-state index in [1.54, 1.807) is 6.92 Å². The van der Waals surface area contributed by atoms with E-state index in [0.29, 0.717) is 24.6 Å². The number of likely N-dealkylation sites (tertiary alicyclic amines) is 1. The molecule has 1 aromatic carbocycles. The monoisotopic (exact) mass is 533 g/mol. The van der Waals surface area contributed by atoms with Crippen molar-refractivity contribution in [2.45, 2.75) is 63.5 Å². The minimum absolute atomic E-state index is 0.106. The number of aliphatic hydroxyl groups is 1. The first-order chi connectivity index (χ1) is 17.9. The average molecular weight is 533 g/mol. The number of aryl methyl sites for hydroxylation is 1. The Balaban J connectivity index is 1.44. The summed E-state index contributed by atoms with van der Waals surface area (Å²) in [5.74, 6) is 1.22. The van der Waals surface area contributed by atoms with Crippen LogP contribution in [0.25, 0.3) is 0 Å². The standard InChI is InChI=1S/C27H24F5N3O3/c1-12-7-16(18(11-33-12)13(2)36)26(38)35-22-6-5-15(22)8-23(35)25(37)34-24(14-3-4-14)17-9-21(29)19(10-20(17)28)27(30,31)32/h7,9-11,13-15,22-24,36H,3-4,8H2,1-2H3,(H,34,37)/t13?,15-,22-,23-,24-/m1/s1. The van der Waals surface area contributed by atoms with Crippen LogP contribution in [0, 0.1) is 42.2 Å². The number of carbonyl (C=O) groups excluding carboxylic acids is 2. The molecule has 2 heterocycles. The summed E-state index contributed by atoms with van der Waals surface area (Å²) in [5, 5.41) is 12.9. The molecule has 2 aliphatic carbocycles. The highest BCUT2D eigenvalue weighted by Gasteiger charge is 2.50. The molecule has 2 fully saturated rings. The van der Waals surface area contributed by atoms with Gasteiger partial charge in [0.05, 0.1) is 23.6 Å². The van der Waals surface area contributed by atoms with Gasteiger partial charge in [-0.05, 0) is 57.2 Å². The number of halogens is 5. The predicted molar refractivity (Wildman–Crippen MR) is 124 cm³/mol. The quantitative estimate of drug-likeness (QED) is 0.430. The molecule has 0 spiro atoms. The maximum atomic E-state index is 14.8. The number of benzene rings is 1. The number of aromatic nitrogens is 1. The van der Waals surface area contributed by atoms with Gasteiger partial charge in [-0.3, -0.25) is 14.6 Å². The van der Waals surface area contributed by atoms with Gasteiger partial charge >= 0.3 is 6.18 Å². The van der Waals surface area contributed by atoms with Crippen LogP contribution in [0.5, 0.6) is 0 Å². The summed E-state index contributed by atoms with van der Waals surface area (Å²) in [6, 6.07) is -0.500. The first-order valence-corrected chi connectivity index (χ1v) is 12.2. The number of hydrogen-bond donors (Lipinski definition) is 2. The van der Waals surface area contributed by atoms with Gasteiger partial charge in [-0.2, -0.15) is 13.2 Å². The lowest BCUT2D eigenvalue weighted by Gasteiger charge is -2.31. The van der Waals surface area contributed by atoms with E-state index in [1.165, 1.54) is 24.1 Å². The highest BCUT2D eigenvalue weighted by Crippen LogP contribution is 2.44. The van der Waals surface area contributed by atoms with Gasteiger partial charge in [-0.1, -0.05) is 11.8 Å². The van der Waals surface area contributed by atoms with Crippen molar-refractivity contribution in [2.75, 3.05) is 0 Å².